The Bertz CT molecular complexity index is 1390. The lowest BCUT2D eigenvalue weighted by Gasteiger charge is -2.09. The first-order valence-electron chi connectivity index (χ1n) is 9.57. The number of rotatable bonds is 5. The van der Waals surface area contributed by atoms with Crippen molar-refractivity contribution in [2.75, 3.05) is 7.11 Å². The van der Waals surface area contributed by atoms with Gasteiger partial charge in [-0.3, -0.25) is 19.1 Å². The number of hydrogen-bond acceptors (Lipinski definition) is 5. The Hall–Kier alpha value is -4.20. The number of benzene rings is 2. The Balaban J connectivity index is 1.48. The number of fused-ring (bicyclic) bond motifs is 1. The number of nitrogens with one attached hydrogen (secondary N) is 2. The SMILES string of the molecule is COc1cccc(-c2ccc(CNC(=O)c3cnc4c(c3)c(=O)[nH]c(=O)n4C)cc2)c1. The molecule has 0 saturated carbocycles. The number of methoxy groups -OCH3 is 1. The van der Waals surface area contributed by atoms with Gasteiger partial charge in [-0.2, -0.15) is 0 Å². The van der Waals surface area contributed by atoms with Crippen molar-refractivity contribution in [3.63, 3.8) is 0 Å². The van der Waals surface area contributed by atoms with Crippen LogP contribution < -0.4 is 21.3 Å². The molecular formula is C23H20N4O4. The van der Waals surface area contributed by atoms with Gasteiger partial charge < -0.3 is 10.1 Å². The number of nitrogens with zero attached hydrogens (tertiary/aromatic N) is 2. The summed E-state index contributed by atoms with van der Waals surface area (Å²) in [6.07, 6.45) is 1.35. The van der Waals surface area contributed by atoms with E-state index in [2.05, 4.69) is 15.3 Å². The topological polar surface area (TPSA) is 106 Å². The van der Waals surface area contributed by atoms with Gasteiger partial charge in [0.15, 0.2) is 0 Å². The van der Waals surface area contributed by atoms with E-state index in [0.29, 0.717) is 6.54 Å². The first kappa shape index (κ1) is 20.1. The molecule has 2 N–H and O–H groups in total. The molecule has 2 heterocycles. The minimum atomic E-state index is -0.576. The highest BCUT2D eigenvalue weighted by atomic mass is 16.5. The van der Waals surface area contributed by atoms with E-state index in [4.69, 9.17) is 4.74 Å². The van der Waals surface area contributed by atoms with Gasteiger partial charge in [-0.1, -0.05) is 36.4 Å². The maximum Gasteiger partial charge on any atom is 0.329 e. The van der Waals surface area contributed by atoms with Gasteiger partial charge in [-0.05, 0) is 34.9 Å². The summed E-state index contributed by atoms with van der Waals surface area (Å²) in [7, 11) is 3.13. The molecular weight excluding hydrogens is 396 g/mol. The van der Waals surface area contributed by atoms with E-state index in [-0.39, 0.29) is 22.5 Å². The van der Waals surface area contributed by atoms with Crippen LogP contribution in [0, 0.1) is 0 Å². The van der Waals surface area contributed by atoms with Crippen LogP contribution in [-0.4, -0.2) is 27.6 Å². The number of pyridine rings is 1. The first-order chi connectivity index (χ1) is 15.0. The summed E-state index contributed by atoms with van der Waals surface area (Å²) in [5.41, 5.74) is 2.33. The Labute approximate surface area is 177 Å². The molecule has 0 spiro atoms. The molecule has 0 saturated heterocycles. The van der Waals surface area contributed by atoms with Crippen LogP contribution >= 0.6 is 0 Å². The highest BCUT2D eigenvalue weighted by Gasteiger charge is 2.11. The minimum absolute atomic E-state index is 0.178. The predicted octanol–water partition coefficient (Wildman–Crippen LogP) is 2.23. The third-order valence-corrected chi connectivity index (χ3v) is 5.03. The van der Waals surface area contributed by atoms with Crippen molar-refractivity contribution in [3.05, 3.63) is 92.8 Å². The van der Waals surface area contributed by atoms with Crippen LogP contribution in [0.5, 0.6) is 5.75 Å². The molecule has 2 aromatic heterocycles. The monoisotopic (exact) mass is 416 g/mol. The van der Waals surface area contributed by atoms with Crippen LogP contribution in [0.25, 0.3) is 22.2 Å². The highest BCUT2D eigenvalue weighted by molar-refractivity contribution is 5.96. The Kier molecular flexibility index (Phi) is 5.36. The molecule has 0 atom stereocenters. The quantitative estimate of drug-likeness (QED) is 0.519. The smallest absolute Gasteiger partial charge is 0.329 e. The molecule has 8 nitrogen and oxygen atoms in total. The summed E-state index contributed by atoms with van der Waals surface area (Å²) < 4.78 is 6.49. The van der Waals surface area contributed by atoms with Crippen molar-refractivity contribution < 1.29 is 9.53 Å². The maximum atomic E-state index is 12.5. The molecule has 2 aromatic carbocycles. The van der Waals surface area contributed by atoms with E-state index in [9.17, 15) is 14.4 Å². The summed E-state index contributed by atoms with van der Waals surface area (Å²) >= 11 is 0. The fraction of sp³-hybridized carbons (Fsp3) is 0.130. The van der Waals surface area contributed by atoms with Crippen molar-refractivity contribution in [1.82, 2.24) is 19.9 Å². The molecule has 4 rings (SSSR count). The number of aromatic nitrogens is 3. The van der Waals surface area contributed by atoms with Gasteiger partial charge in [0.05, 0.1) is 18.1 Å². The zero-order chi connectivity index (χ0) is 22.0. The Morgan fingerprint density at radius 1 is 1.10 bits per heavy atom. The van der Waals surface area contributed by atoms with Crippen LogP contribution in [0.3, 0.4) is 0 Å². The molecule has 156 valence electrons. The Morgan fingerprint density at radius 3 is 2.61 bits per heavy atom. The fourth-order valence-electron chi connectivity index (χ4n) is 3.26. The average molecular weight is 416 g/mol. The van der Waals surface area contributed by atoms with Gasteiger partial charge in [0.2, 0.25) is 0 Å². The molecule has 0 aliphatic heterocycles. The molecule has 4 aromatic rings. The second-order valence-corrected chi connectivity index (χ2v) is 7.03. The Morgan fingerprint density at radius 2 is 1.87 bits per heavy atom. The molecule has 8 heteroatoms. The van der Waals surface area contributed by atoms with Crippen LogP contribution in [0.1, 0.15) is 15.9 Å². The van der Waals surface area contributed by atoms with Crippen molar-refractivity contribution in [1.29, 1.82) is 0 Å². The van der Waals surface area contributed by atoms with E-state index in [1.54, 1.807) is 7.11 Å². The zero-order valence-corrected chi connectivity index (χ0v) is 17.0. The zero-order valence-electron chi connectivity index (χ0n) is 17.0. The number of hydrogen-bond donors (Lipinski definition) is 2. The average Bonchev–Trinajstić information content (AvgIpc) is 2.81. The number of carbonyl (C=O) groups excluding carboxylic acids is 1. The number of aromatic amines is 1. The van der Waals surface area contributed by atoms with Crippen LogP contribution in [-0.2, 0) is 13.6 Å². The van der Waals surface area contributed by atoms with E-state index >= 15 is 0 Å². The normalized spacial score (nSPS) is 10.8. The van der Waals surface area contributed by atoms with Crippen LogP contribution in [0.2, 0.25) is 0 Å². The maximum absolute atomic E-state index is 12.5. The molecule has 0 aliphatic carbocycles. The third kappa shape index (κ3) is 4.09. The fourth-order valence-corrected chi connectivity index (χ4v) is 3.26. The van der Waals surface area contributed by atoms with E-state index in [1.165, 1.54) is 23.9 Å². The number of H-pyrrole nitrogens is 1. The lowest BCUT2D eigenvalue weighted by Crippen LogP contribution is -2.29. The minimum Gasteiger partial charge on any atom is -0.497 e. The number of aryl methyl sites for hydroxylation is 1. The molecule has 31 heavy (non-hydrogen) atoms. The van der Waals surface area contributed by atoms with Crippen LogP contribution in [0.4, 0.5) is 0 Å². The number of ether oxygens (including phenoxy) is 1. The third-order valence-electron chi connectivity index (χ3n) is 5.03. The lowest BCUT2D eigenvalue weighted by atomic mass is 10.0. The first-order valence-corrected chi connectivity index (χ1v) is 9.57. The van der Waals surface area contributed by atoms with Crippen LogP contribution in [0.15, 0.2) is 70.4 Å². The highest BCUT2D eigenvalue weighted by Crippen LogP contribution is 2.24. The van der Waals surface area contributed by atoms with Gasteiger partial charge in [0, 0.05) is 19.8 Å². The molecule has 0 aliphatic rings. The molecule has 0 fully saturated rings. The standard InChI is InChI=1S/C23H20N4O4/c1-27-20-19(22(29)26-23(27)30)11-17(13-24-20)21(28)25-12-14-6-8-15(9-7-14)16-4-3-5-18(10-16)31-2/h3-11,13H,12H2,1-2H3,(H,25,28)(H,26,29,30). The van der Waals surface area contributed by atoms with Crippen molar-refractivity contribution >= 4 is 16.9 Å². The van der Waals surface area contributed by atoms with E-state index < -0.39 is 11.2 Å². The second-order valence-electron chi connectivity index (χ2n) is 7.03. The summed E-state index contributed by atoms with van der Waals surface area (Å²) in [6, 6.07) is 17.1. The van der Waals surface area contributed by atoms with E-state index in [1.807, 2.05) is 48.5 Å². The number of amides is 1. The predicted molar refractivity (Wildman–Crippen MR) is 117 cm³/mol. The summed E-state index contributed by atoms with van der Waals surface area (Å²) in [4.78, 5) is 42.6. The van der Waals surface area contributed by atoms with Gasteiger partial charge in [-0.25, -0.2) is 9.78 Å². The summed E-state index contributed by atoms with van der Waals surface area (Å²) in [6.45, 7) is 0.318. The van der Waals surface area contributed by atoms with Crippen molar-refractivity contribution in [2.45, 2.75) is 6.54 Å². The van der Waals surface area contributed by atoms with Gasteiger partial charge in [0.1, 0.15) is 11.4 Å². The van der Waals surface area contributed by atoms with Crippen molar-refractivity contribution in [2.24, 2.45) is 7.05 Å². The van der Waals surface area contributed by atoms with Gasteiger partial charge in [-0.15, -0.1) is 0 Å². The molecule has 0 bridgehead atoms. The van der Waals surface area contributed by atoms with Gasteiger partial charge >= 0.3 is 5.69 Å². The van der Waals surface area contributed by atoms with E-state index in [0.717, 1.165) is 22.4 Å². The van der Waals surface area contributed by atoms with Crippen molar-refractivity contribution in [3.8, 4) is 16.9 Å². The van der Waals surface area contributed by atoms with Gasteiger partial charge in [0.25, 0.3) is 11.5 Å². The molecule has 0 unspecified atom stereocenters. The second kappa shape index (κ2) is 8.27. The molecule has 1 amide bonds. The largest absolute Gasteiger partial charge is 0.497 e. The summed E-state index contributed by atoms with van der Waals surface area (Å²) in [5, 5.41) is 3.00. The molecule has 0 radical (unpaired) electrons. The number of carbonyl (C=O) groups is 1. The lowest BCUT2D eigenvalue weighted by molar-refractivity contribution is 0.0950. The summed E-state index contributed by atoms with van der Waals surface area (Å²) in [5.74, 6) is 0.427.